The van der Waals surface area contributed by atoms with Crippen LogP contribution in [-0.2, 0) is 0 Å². The maximum atomic E-state index is 2.34. The first-order chi connectivity index (χ1) is 11.3. The van der Waals surface area contributed by atoms with E-state index in [-0.39, 0.29) is 0 Å². The Hall–Kier alpha value is -2.34. The molecule has 0 radical (unpaired) electrons. The van der Waals surface area contributed by atoms with Crippen molar-refractivity contribution < 1.29 is 0 Å². The number of hydrogen-bond acceptors (Lipinski definition) is 0. The Labute approximate surface area is 139 Å². The normalized spacial score (nSPS) is 13.5. The fourth-order valence-corrected chi connectivity index (χ4v) is 3.38. The number of hydrogen-bond donors (Lipinski definition) is 0. The molecule has 0 bridgehead atoms. The van der Waals surface area contributed by atoms with Crippen LogP contribution in [0.5, 0.6) is 0 Å². The van der Waals surface area contributed by atoms with Crippen LogP contribution in [0, 0.1) is 6.92 Å². The third-order valence-corrected chi connectivity index (χ3v) is 4.72. The van der Waals surface area contributed by atoms with Gasteiger partial charge in [-0.05, 0) is 41.5 Å². The molecule has 116 valence electrons. The maximum absolute atomic E-state index is 2.34. The van der Waals surface area contributed by atoms with Gasteiger partial charge in [-0.15, -0.1) is 0 Å². The van der Waals surface area contributed by atoms with Gasteiger partial charge >= 0.3 is 0 Å². The molecule has 3 rings (SSSR count). The van der Waals surface area contributed by atoms with E-state index in [2.05, 4.69) is 98.8 Å². The molecule has 0 nitrogen and oxygen atoms in total. The Morgan fingerprint density at radius 3 is 1.78 bits per heavy atom. The predicted molar refractivity (Wildman–Crippen MR) is 98.9 cm³/mol. The summed E-state index contributed by atoms with van der Waals surface area (Å²) in [7, 11) is 0. The Bertz CT molecular complexity index is 728. The molecule has 2 atom stereocenters. The lowest BCUT2D eigenvalue weighted by Gasteiger charge is -2.24. The van der Waals surface area contributed by atoms with Crippen molar-refractivity contribution in [1.82, 2.24) is 0 Å². The zero-order valence-electron chi connectivity index (χ0n) is 13.9. The van der Waals surface area contributed by atoms with E-state index in [1.165, 1.54) is 22.3 Å². The monoisotopic (exact) mass is 300 g/mol. The van der Waals surface area contributed by atoms with Crippen LogP contribution < -0.4 is 0 Å². The van der Waals surface area contributed by atoms with Gasteiger partial charge in [-0.3, -0.25) is 0 Å². The highest BCUT2D eigenvalue weighted by Crippen LogP contribution is 2.36. The SMILES string of the molecule is Cc1ccccc1C(CC(C)c1ccccc1)c1ccccc1. The first-order valence-corrected chi connectivity index (χ1v) is 8.41. The predicted octanol–water partition coefficient (Wildman–Crippen LogP) is 6.32. The van der Waals surface area contributed by atoms with Crippen LogP contribution in [0.2, 0.25) is 0 Å². The molecule has 0 spiro atoms. The van der Waals surface area contributed by atoms with Gasteiger partial charge in [0.2, 0.25) is 0 Å². The zero-order valence-corrected chi connectivity index (χ0v) is 13.9. The Balaban J connectivity index is 1.95. The van der Waals surface area contributed by atoms with Crippen LogP contribution in [-0.4, -0.2) is 0 Å². The van der Waals surface area contributed by atoms with Gasteiger partial charge in [-0.2, -0.15) is 0 Å². The van der Waals surface area contributed by atoms with Gasteiger partial charge in [0.05, 0.1) is 0 Å². The second kappa shape index (κ2) is 7.28. The summed E-state index contributed by atoms with van der Waals surface area (Å²) in [6.45, 7) is 4.56. The minimum atomic E-state index is 0.438. The lowest BCUT2D eigenvalue weighted by Crippen LogP contribution is -2.07. The van der Waals surface area contributed by atoms with Gasteiger partial charge in [-0.1, -0.05) is 91.9 Å². The molecular formula is C23H24. The molecule has 0 heterocycles. The molecule has 0 saturated carbocycles. The second-order valence-electron chi connectivity index (χ2n) is 6.37. The standard InChI is InChI=1S/C23H24/c1-18-11-9-10-16-22(18)23(21-14-7-4-8-15-21)17-19(2)20-12-5-3-6-13-20/h3-16,19,23H,17H2,1-2H3. The minimum absolute atomic E-state index is 0.438. The maximum Gasteiger partial charge on any atom is 0.00976 e. The topological polar surface area (TPSA) is 0 Å². The highest BCUT2D eigenvalue weighted by atomic mass is 14.2. The van der Waals surface area contributed by atoms with Gasteiger partial charge in [-0.25, -0.2) is 0 Å². The molecular weight excluding hydrogens is 276 g/mol. The average molecular weight is 300 g/mol. The smallest absolute Gasteiger partial charge is 0.00976 e. The van der Waals surface area contributed by atoms with Crippen molar-refractivity contribution in [2.45, 2.75) is 32.1 Å². The van der Waals surface area contributed by atoms with Crippen LogP contribution >= 0.6 is 0 Å². The fraction of sp³-hybridized carbons (Fsp3) is 0.217. The van der Waals surface area contributed by atoms with Crippen molar-refractivity contribution in [2.75, 3.05) is 0 Å². The highest BCUT2D eigenvalue weighted by Gasteiger charge is 2.19. The van der Waals surface area contributed by atoms with Crippen LogP contribution in [0.4, 0.5) is 0 Å². The van der Waals surface area contributed by atoms with E-state index in [9.17, 15) is 0 Å². The van der Waals surface area contributed by atoms with Gasteiger partial charge < -0.3 is 0 Å². The molecule has 3 aromatic rings. The van der Waals surface area contributed by atoms with E-state index in [1.807, 2.05) is 0 Å². The summed E-state index contributed by atoms with van der Waals surface area (Å²) in [5, 5.41) is 0. The molecule has 0 aliphatic heterocycles. The van der Waals surface area contributed by atoms with Crippen molar-refractivity contribution >= 4 is 0 Å². The molecule has 0 saturated heterocycles. The lowest BCUT2D eigenvalue weighted by atomic mass is 9.80. The van der Waals surface area contributed by atoms with Crippen LogP contribution in [0.25, 0.3) is 0 Å². The molecule has 0 aromatic heterocycles. The molecule has 0 amide bonds. The molecule has 23 heavy (non-hydrogen) atoms. The largest absolute Gasteiger partial charge is 0.0622 e. The van der Waals surface area contributed by atoms with Gasteiger partial charge in [0.25, 0.3) is 0 Å². The molecule has 3 aromatic carbocycles. The molecule has 2 unspecified atom stereocenters. The number of rotatable bonds is 5. The van der Waals surface area contributed by atoms with Crippen molar-refractivity contribution in [1.29, 1.82) is 0 Å². The number of aryl methyl sites for hydroxylation is 1. The molecule has 0 N–H and O–H groups in total. The van der Waals surface area contributed by atoms with E-state index < -0.39 is 0 Å². The number of benzene rings is 3. The first-order valence-electron chi connectivity index (χ1n) is 8.41. The third kappa shape index (κ3) is 3.71. The van der Waals surface area contributed by atoms with Crippen LogP contribution in [0.15, 0.2) is 84.9 Å². The second-order valence-corrected chi connectivity index (χ2v) is 6.37. The summed E-state index contributed by atoms with van der Waals surface area (Å²) in [5.41, 5.74) is 5.65. The summed E-state index contributed by atoms with van der Waals surface area (Å²) in [5.74, 6) is 0.966. The van der Waals surface area contributed by atoms with E-state index in [1.54, 1.807) is 0 Å². The van der Waals surface area contributed by atoms with Crippen LogP contribution in [0.3, 0.4) is 0 Å². The summed E-state index contributed by atoms with van der Waals surface area (Å²) >= 11 is 0. The zero-order chi connectivity index (χ0) is 16.1. The Morgan fingerprint density at radius 1 is 0.652 bits per heavy atom. The molecule has 0 aliphatic rings. The Morgan fingerprint density at radius 2 is 1.17 bits per heavy atom. The van der Waals surface area contributed by atoms with Gasteiger partial charge in [0.15, 0.2) is 0 Å². The van der Waals surface area contributed by atoms with E-state index in [0.29, 0.717) is 11.8 Å². The minimum Gasteiger partial charge on any atom is -0.0622 e. The molecule has 0 heteroatoms. The van der Waals surface area contributed by atoms with Crippen molar-refractivity contribution in [3.05, 3.63) is 107 Å². The first kappa shape index (κ1) is 15.6. The summed E-state index contributed by atoms with van der Waals surface area (Å²) < 4.78 is 0. The third-order valence-electron chi connectivity index (χ3n) is 4.72. The highest BCUT2D eigenvalue weighted by molar-refractivity contribution is 5.38. The van der Waals surface area contributed by atoms with Crippen molar-refractivity contribution in [2.24, 2.45) is 0 Å². The van der Waals surface area contributed by atoms with E-state index >= 15 is 0 Å². The van der Waals surface area contributed by atoms with Crippen molar-refractivity contribution in [3.63, 3.8) is 0 Å². The van der Waals surface area contributed by atoms with Gasteiger partial charge in [0, 0.05) is 5.92 Å². The summed E-state index contributed by atoms with van der Waals surface area (Å²) in [6.07, 6.45) is 1.12. The molecule has 0 fully saturated rings. The average Bonchev–Trinajstić information content (AvgIpc) is 2.62. The van der Waals surface area contributed by atoms with E-state index in [0.717, 1.165) is 6.42 Å². The van der Waals surface area contributed by atoms with Crippen LogP contribution in [0.1, 0.15) is 47.4 Å². The lowest BCUT2D eigenvalue weighted by molar-refractivity contribution is 0.615. The molecule has 0 aliphatic carbocycles. The summed E-state index contributed by atoms with van der Waals surface area (Å²) in [4.78, 5) is 0. The quantitative estimate of drug-likeness (QED) is 0.517. The summed E-state index contributed by atoms with van der Waals surface area (Å²) in [6, 6.07) is 30.5. The Kier molecular flexibility index (Phi) is 4.92. The van der Waals surface area contributed by atoms with Crippen molar-refractivity contribution in [3.8, 4) is 0 Å². The van der Waals surface area contributed by atoms with E-state index in [4.69, 9.17) is 0 Å². The van der Waals surface area contributed by atoms with Gasteiger partial charge in [0.1, 0.15) is 0 Å². The fourth-order valence-electron chi connectivity index (χ4n) is 3.38.